The largest absolute Gasteiger partial charge is 0.481 e. The molecule has 0 atom stereocenters. The summed E-state index contributed by atoms with van der Waals surface area (Å²) in [6.07, 6.45) is -0.982. The molecule has 0 radical (unpaired) electrons. The van der Waals surface area contributed by atoms with E-state index in [9.17, 15) is 14.7 Å². The van der Waals surface area contributed by atoms with Gasteiger partial charge in [0.25, 0.3) is 5.76 Å². The van der Waals surface area contributed by atoms with Crippen molar-refractivity contribution in [2.75, 3.05) is 14.2 Å². The predicted molar refractivity (Wildman–Crippen MR) is 79.5 cm³/mol. The molecule has 0 aliphatic carbocycles. The van der Waals surface area contributed by atoms with E-state index in [-0.39, 0.29) is 18.1 Å². The summed E-state index contributed by atoms with van der Waals surface area (Å²) >= 11 is 0. The second-order valence-corrected chi connectivity index (χ2v) is 4.55. The van der Waals surface area contributed by atoms with Gasteiger partial charge in [-0.2, -0.15) is 0 Å². The second-order valence-electron chi connectivity index (χ2n) is 4.55. The number of methoxy groups -OCH3 is 2. The molecule has 0 saturated carbocycles. The van der Waals surface area contributed by atoms with Crippen molar-refractivity contribution in [1.29, 1.82) is 0 Å². The summed E-state index contributed by atoms with van der Waals surface area (Å²) in [4.78, 5) is 23.5. The van der Waals surface area contributed by atoms with Crippen molar-refractivity contribution in [1.82, 2.24) is 0 Å². The molecule has 2 aromatic rings. The van der Waals surface area contributed by atoms with E-state index >= 15 is 0 Å². The van der Waals surface area contributed by atoms with E-state index in [0.29, 0.717) is 0 Å². The predicted octanol–water partition coefficient (Wildman–Crippen LogP) is 2.21. The topological polar surface area (TPSA) is 95.2 Å². The molecule has 0 unspecified atom stereocenters. The van der Waals surface area contributed by atoms with Crippen molar-refractivity contribution in [3.63, 3.8) is 0 Å². The molecule has 1 heterocycles. The summed E-state index contributed by atoms with van der Waals surface area (Å²) in [6.45, 7) is 0.0449. The Morgan fingerprint density at radius 1 is 1.22 bits per heavy atom. The maximum atomic E-state index is 12.2. The fourth-order valence-corrected chi connectivity index (χ4v) is 1.95. The van der Waals surface area contributed by atoms with Gasteiger partial charge >= 0.3 is 5.97 Å². The van der Waals surface area contributed by atoms with Crippen molar-refractivity contribution in [2.24, 2.45) is 0 Å². The lowest BCUT2D eigenvalue weighted by atomic mass is 10.2. The van der Waals surface area contributed by atoms with Crippen molar-refractivity contribution >= 4 is 5.97 Å². The third-order valence-corrected chi connectivity index (χ3v) is 3.00. The Kier molecular flexibility index (Phi) is 5.51. The number of aromatic carboxylic acids is 1. The molecule has 7 nitrogen and oxygen atoms in total. The standard InChI is InChI=1S/C16H16O7/c1-20-16(21-2)12-8-11(17)13(14(23-12)15(18)19)22-9-10-6-4-3-5-7-10/h3-8,16H,9H2,1-2H3,(H,18,19). The van der Waals surface area contributed by atoms with E-state index in [1.54, 1.807) is 12.1 Å². The summed E-state index contributed by atoms with van der Waals surface area (Å²) in [6, 6.07) is 10.1. The number of carboxylic acid groups (broad SMARTS) is 1. The summed E-state index contributed by atoms with van der Waals surface area (Å²) in [5, 5.41) is 9.24. The molecule has 0 saturated heterocycles. The van der Waals surface area contributed by atoms with Gasteiger partial charge in [0.15, 0.2) is 5.76 Å². The Hall–Kier alpha value is -2.64. The van der Waals surface area contributed by atoms with Crippen LogP contribution in [0.25, 0.3) is 0 Å². The number of benzene rings is 1. The van der Waals surface area contributed by atoms with Gasteiger partial charge in [-0.15, -0.1) is 0 Å². The summed E-state index contributed by atoms with van der Waals surface area (Å²) < 4.78 is 20.5. The molecule has 2 rings (SSSR count). The summed E-state index contributed by atoms with van der Waals surface area (Å²) in [7, 11) is 2.68. The van der Waals surface area contributed by atoms with E-state index in [1.807, 2.05) is 18.2 Å². The van der Waals surface area contributed by atoms with E-state index < -0.39 is 23.4 Å². The quantitative estimate of drug-likeness (QED) is 0.781. The van der Waals surface area contributed by atoms with Gasteiger partial charge in [0.2, 0.25) is 17.5 Å². The Balaban J connectivity index is 2.35. The van der Waals surface area contributed by atoms with Crippen molar-refractivity contribution in [3.8, 4) is 5.75 Å². The van der Waals surface area contributed by atoms with Crippen LogP contribution < -0.4 is 10.2 Å². The molecule has 0 aliphatic heterocycles. The molecule has 23 heavy (non-hydrogen) atoms. The summed E-state index contributed by atoms with van der Waals surface area (Å²) in [5.41, 5.74) is 0.164. The van der Waals surface area contributed by atoms with Crippen LogP contribution >= 0.6 is 0 Å². The third kappa shape index (κ3) is 3.97. The highest BCUT2D eigenvalue weighted by Crippen LogP contribution is 2.22. The maximum absolute atomic E-state index is 12.2. The SMILES string of the molecule is COC(OC)c1cc(=O)c(OCc2ccccc2)c(C(=O)O)o1. The van der Waals surface area contributed by atoms with Gasteiger partial charge in [-0.05, 0) is 5.56 Å². The number of carboxylic acids is 1. The zero-order valence-electron chi connectivity index (χ0n) is 12.6. The molecule has 1 N–H and O–H groups in total. The first-order valence-corrected chi connectivity index (χ1v) is 6.70. The van der Waals surface area contributed by atoms with Crippen LogP contribution in [0.2, 0.25) is 0 Å². The Morgan fingerprint density at radius 2 is 1.87 bits per heavy atom. The van der Waals surface area contributed by atoms with Crippen LogP contribution in [-0.4, -0.2) is 25.3 Å². The number of carbonyl (C=O) groups is 1. The van der Waals surface area contributed by atoms with Crippen LogP contribution in [0.1, 0.15) is 28.2 Å². The average molecular weight is 320 g/mol. The van der Waals surface area contributed by atoms with Crippen LogP contribution in [-0.2, 0) is 16.1 Å². The van der Waals surface area contributed by atoms with Crippen molar-refractivity contribution < 1.29 is 28.5 Å². The molecule has 0 spiro atoms. The first-order chi connectivity index (χ1) is 11.1. The highest BCUT2D eigenvalue weighted by molar-refractivity contribution is 5.87. The van der Waals surface area contributed by atoms with Gasteiger partial charge in [-0.3, -0.25) is 4.79 Å². The molecule has 122 valence electrons. The van der Waals surface area contributed by atoms with Crippen LogP contribution in [0, 0.1) is 0 Å². The molecule has 0 aliphatic rings. The highest BCUT2D eigenvalue weighted by atomic mass is 16.7. The van der Waals surface area contributed by atoms with Gasteiger partial charge in [-0.25, -0.2) is 4.79 Å². The van der Waals surface area contributed by atoms with Crippen LogP contribution in [0.3, 0.4) is 0 Å². The molecule has 1 aromatic heterocycles. The highest BCUT2D eigenvalue weighted by Gasteiger charge is 2.23. The zero-order valence-corrected chi connectivity index (χ0v) is 12.6. The fourth-order valence-electron chi connectivity index (χ4n) is 1.95. The minimum Gasteiger partial charge on any atom is -0.481 e. The normalized spacial score (nSPS) is 10.7. The Morgan fingerprint density at radius 3 is 2.43 bits per heavy atom. The van der Waals surface area contributed by atoms with Crippen molar-refractivity contribution in [2.45, 2.75) is 12.9 Å². The lowest BCUT2D eigenvalue weighted by molar-refractivity contribution is -0.119. The van der Waals surface area contributed by atoms with Crippen LogP contribution in [0.15, 0.2) is 45.6 Å². The molecule has 1 aromatic carbocycles. The number of hydrogen-bond donors (Lipinski definition) is 1. The maximum Gasteiger partial charge on any atom is 0.375 e. The summed E-state index contributed by atoms with van der Waals surface area (Å²) in [5.74, 6) is -2.43. The monoisotopic (exact) mass is 320 g/mol. The van der Waals surface area contributed by atoms with E-state index in [1.165, 1.54) is 14.2 Å². The lowest BCUT2D eigenvalue weighted by Crippen LogP contribution is -2.16. The molecular formula is C16H16O7. The number of ether oxygens (including phenoxy) is 3. The second kappa shape index (κ2) is 7.57. The average Bonchev–Trinajstić information content (AvgIpc) is 2.55. The molecule has 0 bridgehead atoms. The number of hydrogen-bond acceptors (Lipinski definition) is 6. The minimum atomic E-state index is -1.42. The van der Waals surface area contributed by atoms with E-state index in [0.717, 1.165) is 11.6 Å². The Bertz CT molecular complexity index is 717. The molecule has 7 heteroatoms. The van der Waals surface area contributed by atoms with E-state index in [4.69, 9.17) is 18.6 Å². The molecule has 0 amide bonds. The molecule has 0 fully saturated rings. The minimum absolute atomic E-state index is 0.0449. The van der Waals surface area contributed by atoms with Crippen LogP contribution in [0.5, 0.6) is 5.75 Å². The lowest BCUT2D eigenvalue weighted by Gasteiger charge is -2.14. The first-order valence-electron chi connectivity index (χ1n) is 6.70. The first kappa shape index (κ1) is 16.7. The smallest absolute Gasteiger partial charge is 0.375 e. The fraction of sp³-hybridized carbons (Fsp3) is 0.250. The van der Waals surface area contributed by atoms with Gasteiger partial charge in [0.1, 0.15) is 6.61 Å². The van der Waals surface area contributed by atoms with Gasteiger partial charge < -0.3 is 23.7 Å². The Labute approximate surface area is 132 Å². The number of rotatable bonds is 7. The van der Waals surface area contributed by atoms with Gasteiger partial charge in [0.05, 0.1) is 0 Å². The van der Waals surface area contributed by atoms with Gasteiger partial charge in [-0.1, -0.05) is 30.3 Å². The van der Waals surface area contributed by atoms with Gasteiger partial charge in [0, 0.05) is 20.3 Å². The van der Waals surface area contributed by atoms with E-state index in [2.05, 4.69) is 0 Å². The van der Waals surface area contributed by atoms with Crippen molar-refractivity contribution in [3.05, 3.63) is 63.7 Å². The molecular weight excluding hydrogens is 304 g/mol. The third-order valence-electron chi connectivity index (χ3n) is 3.00. The van der Waals surface area contributed by atoms with Crippen LogP contribution in [0.4, 0.5) is 0 Å². The zero-order chi connectivity index (χ0) is 16.8.